The lowest BCUT2D eigenvalue weighted by atomic mass is 9.92. The van der Waals surface area contributed by atoms with Gasteiger partial charge in [-0.3, -0.25) is 9.59 Å². The Morgan fingerprint density at radius 3 is 2.37 bits per heavy atom. The standard InChI is InChI=1S/C27H36FN5O4S/c1-19(27(35)30-23-11-9-22(28)10-12-23)15-24(29)25(16-20-5-3-2-4-6-20)31-26(34)18-33-14-13-32(38(33,36)37)17-21-7-8-21/h2-6,9-12,19,21,24-25H,7-8,13-18,29H2,1H3,(H,30,35)(H,31,34)/t19-,24+,25+/m1/s1. The molecule has 0 spiro atoms. The molecule has 9 nitrogen and oxygen atoms in total. The van der Waals surface area contributed by atoms with Crippen LogP contribution < -0.4 is 16.4 Å². The summed E-state index contributed by atoms with van der Waals surface area (Å²) >= 11 is 0. The summed E-state index contributed by atoms with van der Waals surface area (Å²) in [7, 11) is -3.66. The van der Waals surface area contributed by atoms with Gasteiger partial charge in [0, 0.05) is 43.3 Å². The number of hydrogen-bond donors (Lipinski definition) is 3. The van der Waals surface area contributed by atoms with Crippen molar-refractivity contribution in [1.29, 1.82) is 0 Å². The Kier molecular flexibility index (Phi) is 9.14. The third-order valence-corrected chi connectivity index (χ3v) is 9.03. The number of nitrogens with one attached hydrogen (secondary N) is 2. The van der Waals surface area contributed by atoms with Crippen LogP contribution in [0.4, 0.5) is 10.1 Å². The summed E-state index contributed by atoms with van der Waals surface area (Å²) in [5.41, 5.74) is 7.97. The number of amides is 2. The van der Waals surface area contributed by atoms with Crippen LogP contribution in [0.2, 0.25) is 0 Å². The van der Waals surface area contributed by atoms with Crippen molar-refractivity contribution in [3.8, 4) is 0 Å². The van der Waals surface area contributed by atoms with Crippen LogP contribution in [0, 0.1) is 17.7 Å². The van der Waals surface area contributed by atoms with Crippen molar-refractivity contribution in [2.75, 3.05) is 31.5 Å². The smallest absolute Gasteiger partial charge is 0.282 e. The van der Waals surface area contributed by atoms with Gasteiger partial charge in [-0.1, -0.05) is 37.3 Å². The van der Waals surface area contributed by atoms with Gasteiger partial charge in [0.25, 0.3) is 10.2 Å². The third-order valence-electron chi connectivity index (χ3n) is 7.08. The number of carbonyl (C=O) groups excluding carboxylic acids is 2. The Labute approximate surface area is 223 Å². The van der Waals surface area contributed by atoms with Gasteiger partial charge >= 0.3 is 0 Å². The van der Waals surface area contributed by atoms with Crippen molar-refractivity contribution in [2.24, 2.45) is 17.6 Å². The summed E-state index contributed by atoms with van der Waals surface area (Å²) in [5.74, 6) is -1.15. The maximum atomic E-state index is 13.2. The zero-order chi connectivity index (χ0) is 27.3. The molecule has 2 aliphatic rings. The molecular weight excluding hydrogens is 509 g/mol. The Hall–Kier alpha value is -2.86. The number of nitrogens with zero attached hydrogens (tertiary/aromatic N) is 2. The minimum atomic E-state index is -3.66. The third kappa shape index (κ3) is 7.59. The number of rotatable bonds is 12. The SMILES string of the molecule is C[C@H](C[C@H](N)[C@H](Cc1ccccc1)NC(=O)CN1CCN(CC2CC2)S1(=O)=O)C(=O)Nc1ccc(F)cc1. The second kappa shape index (κ2) is 12.3. The molecule has 1 heterocycles. The monoisotopic (exact) mass is 545 g/mol. The van der Waals surface area contributed by atoms with Crippen LogP contribution >= 0.6 is 0 Å². The molecule has 0 radical (unpaired) electrons. The number of halogens is 1. The molecule has 1 saturated heterocycles. The molecule has 0 bridgehead atoms. The van der Waals surface area contributed by atoms with E-state index in [2.05, 4.69) is 10.6 Å². The lowest BCUT2D eigenvalue weighted by molar-refractivity contribution is -0.122. The number of carbonyl (C=O) groups is 2. The molecule has 2 fully saturated rings. The highest BCUT2D eigenvalue weighted by Crippen LogP contribution is 2.32. The first-order chi connectivity index (χ1) is 18.1. The predicted octanol–water partition coefficient (Wildman–Crippen LogP) is 2.12. The minimum Gasteiger partial charge on any atom is -0.350 e. The highest BCUT2D eigenvalue weighted by molar-refractivity contribution is 7.87. The van der Waals surface area contributed by atoms with Gasteiger partial charge in [-0.05, 0) is 61.4 Å². The average molecular weight is 546 g/mol. The molecule has 206 valence electrons. The molecule has 3 atom stereocenters. The first kappa shape index (κ1) is 28.2. The number of benzene rings is 2. The summed E-state index contributed by atoms with van der Waals surface area (Å²) in [4.78, 5) is 25.7. The zero-order valence-corrected chi connectivity index (χ0v) is 22.4. The molecule has 2 aromatic carbocycles. The van der Waals surface area contributed by atoms with E-state index >= 15 is 0 Å². The number of anilines is 1. The molecule has 1 saturated carbocycles. The number of nitrogens with two attached hydrogens (primary N) is 1. The second-order valence-electron chi connectivity index (χ2n) is 10.3. The van der Waals surface area contributed by atoms with Crippen LogP contribution in [0.1, 0.15) is 31.7 Å². The largest absolute Gasteiger partial charge is 0.350 e. The van der Waals surface area contributed by atoms with E-state index in [0.717, 1.165) is 18.4 Å². The van der Waals surface area contributed by atoms with Crippen molar-refractivity contribution in [3.63, 3.8) is 0 Å². The molecule has 38 heavy (non-hydrogen) atoms. The Morgan fingerprint density at radius 1 is 1.05 bits per heavy atom. The average Bonchev–Trinajstić information content (AvgIpc) is 3.66. The van der Waals surface area contributed by atoms with Gasteiger partial charge in [0.1, 0.15) is 5.82 Å². The van der Waals surface area contributed by atoms with Crippen LogP contribution in [0.5, 0.6) is 0 Å². The van der Waals surface area contributed by atoms with Gasteiger partial charge < -0.3 is 16.4 Å². The fourth-order valence-electron chi connectivity index (χ4n) is 4.62. The van der Waals surface area contributed by atoms with Gasteiger partial charge in [0.2, 0.25) is 11.8 Å². The van der Waals surface area contributed by atoms with Crippen LogP contribution in [0.25, 0.3) is 0 Å². The highest BCUT2D eigenvalue weighted by Gasteiger charge is 2.40. The molecule has 1 aliphatic carbocycles. The van der Waals surface area contributed by atoms with Crippen molar-refractivity contribution in [2.45, 2.75) is 44.7 Å². The summed E-state index contributed by atoms with van der Waals surface area (Å²) in [5, 5.41) is 5.69. The molecule has 2 aromatic rings. The van der Waals surface area contributed by atoms with Gasteiger partial charge in [0.15, 0.2) is 0 Å². The van der Waals surface area contributed by atoms with E-state index in [1.165, 1.54) is 32.9 Å². The summed E-state index contributed by atoms with van der Waals surface area (Å²) in [6.07, 6.45) is 2.81. The zero-order valence-electron chi connectivity index (χ0n) is 21.6. The van der Waals surface area contributed by atoms with Crippen LogP contribution in [0.15, 0.2) is 54.6 Å². The Morgan fingerprint density at radius 2 is 1.71 bits per heavy atom. The fourth-order valence-corrected chi connectivity index (χ4v) is 6.25. The topological polar surface area (TPSA) is 125 Å². The first-order valence-electron chi connectivity index (χ1n) is 13.0. The lowest BCUT2D eigenvalue weighted by Crippen LogP contribution is -2.52. The van der Waals surface area contributed by atoms with Crippen molar-refractivity contribution in [1.82, 2.24) is 13.9 Å². The molecule has 4 N–H and O–H groups in total. The quantitative estimate of drug-likeness (QED) is 0.377. The molecular formula is C27H36FN5O4S. The van der Waals surface area contributed by atoms with Crippen molar-refractivity contribution in [3.05, 3.63) is 66.0 Å². The Bertz CT molecular complexity index is 1210. The first-order valence-corrected chi connectivity index (χ1v) is 14.4. The maximum absolute atomic E-state index is 13.2. The van der Waals surface area contributed by atoms with Gasteiger partial charge in [0.05, 0.1) is 6.54 Å². The van der Waals surface area contributed by atoms with Crippen LogP contribution in [-0.4, -0.2) is 67.1 Å². The van der Waals surface area contributed by atoms with Gasteiger partial charge in [-0.25, -0.2) is 4.39 Å². The van der Waals surface area contributed by atoms with Crippen LogP contribution in [0.3, 0.4) is 0 Å². The van der Waals surface area contributed by atoms with E-state index in [0.29, 0.717) is 31.1 Å². The van der Waals surface area contributed by atoms with Crippen LogP contribution in [-0.2, 0) is 26.2 Å². The fraction of sp³-hybridized carbons (Fsp3) is 0.481. The molecule has 0 aromatic heterocycles. The molecule has 2 amide bonds. The van der Waals surface area contributed by atoms with Gasteiger partial charge in [-0.2, -0.15) is 17.0 Å². The van der Waals surface area contributed by atoms with E-state index < -0.39 is 39.9 Å². The lowest BCUT2D eigenvalue weighted by Gasteiger charge is -2.28. The predicted molar refractivity (Wildman–Crippen MR) is 144 cm³/mol. The number of hydrogen-bond acceptors (Lipinski definition) is 5. The van der Waals surface area contributed by atoms with Crippen molar-refractivity contribution < 1.29 is 22.4 Å². The summed E-state index contributed by atoms with van der Waals surface area (Å²) < 4.78 is 41.6. The summed E-state index contributed by atoms with van der Waals surface area (Å²) in [6, 6.07) is 13.9. The Balaban J connectivity index is 1.37. The molecule has 4 rings (SSSR count). The second-order valence-corrected chi connectivity index (χ2v) is 12.2. The van der Waals surface area contributed by atoms with E-state index in [1.807, 2.05) is 30.3 Å². The maximum Gasteiger partial charge on any atom is 0.282 e. The van der Waals surface area contributed by atoms with Gasteiger partial charge in [-0.15, -0.1) is 0 Å². The highest BCUT2D eigenvalue weighted by atomic mass is 32.2. The van der Waals surface area contributed by atoms with E-state index in [4.69, 9.17) is 5.73 Å². The van der Waals surface area contributed by atoms with E-state index in [9.17, 15) is 22.4 Å². The minimum absolute atomic E-state index is 0.268. The molecule has 11 heteroatoms. The van der Waals surface area contributed by atoms with E-state index in [1.54, 1.807) is 6.92 Å². The summed E-state index contributed by atoms with van der Waals surface area (Å²) in [6.45, 7) is 2.64. The van der Waals surface area contributed by atoms with Crippen molar-refractivity contribution >= 4 is 27.7 Å². The normalized spacial score (nSPS) is 20.0. The van der Waals surface area contributed by atoms with E-state index in [-0.39, 0.29) is 25.4 Å². The molecule has 1 aliphatic heterocycles. The molecule has 0 unspecified atom stereocenters.